The van der Waals surface area contributed by atoms with E-state index in [9.17, 15) is 4.79 Å². The first-order valence-electron chi connectivity index (χ1n) is 6.74. The van der Waals surface area contributed by atoms with E-state index in [2.05, 4.69) is 10.3 Å². The molecule has 0 saturated heterocycles. The normalized spacial score (nSPS) is 10.8. The van der Waals surface area contributed by atoms with Gasteiger partial charge in [0.25, 0.3) is 0 Å². The first kappa shape index (κ1) is 13.6. The van der Waals surface area contributed by atoms with Gasteiger partial charge in [0.1, 0.15) is 0 Å². The largest absolute Gasteiger partial charge is 0.396 e. The van der Waals surface area contributed by atoms with Crippen molar-refractivity contribution in [2.45, 2.75) is 25.7 Å². The summed E-state index contributed by atoms with van der Waals surface area (Å²) in [7, 11) is 0. The maximum atomic E-state index is 11.8. The summed E-state index contributed by atoms with van der Waals surface area (Å²) in [6, 6.07) is 7.98. The van der Waals surface area contributed by atoms with Gasteiger partial charge in [-0.25, -0.2) is 0 Å². The molecule has 1 heterocycles. The van der Waals surface area contributed by atoms with Crippen LogP contribution in [-0.2, 0) is 11.2 Å². The lowest BCUT2D eigenvalue weighted by Crippen LogP contribution is -2.26. The van der Waals surface area contributed by atoms with Gasteiger partial charge in [-0.2, -0.15) is 0 Å². The molecule has 0 saturated carbocycles. The summed E-state index contributed by atoms with van der Waals surface area (Å²) in [5.41, 5.74) is 2.09. The van der Waals surface area contributed by atoms with Crippen LogP contribution in [0.25, 0.3) is 10.9 Å². The molecule has 102 valence electrons. The van der Waals surface area contributed by atoms with Gasteiger partial charge in [-0.05, 0) is 30.9 Å². The van der Waals surface area contributed by atoms with Gasteiger partial charge in [0.2, 0.25) is 5.91 Å². The molecule has 2 rings (SSSR count). The topological polar surface area (TPSA) is 65.1 Å². The molecule has 0 fully saturated rings. The van der Waals surface area contributed by atoms with Crippen molar-refractivity contribution in [2.24, 2.45) is 0 Å². The van der Waals surface area contributed by atoms with Gasteiger partial charge in [0.05, 0.1) is 6.42 Å². The van der Waals surface area contributed by atoms with Gasteiger partial charge < -0.3 is 15.4 Å². The highest BCUT2D eigenvalue weighted by atomic mass is 16.2. The third kappa shape index (κ3) is 3.83. The second-order valence-electron chi connectivity index (χ2n) is 4.67. The van der Waals surface area contributed by atoms with Gasteiger partial charge in [-0.3, -0.25) is 4.79 Å². The van der Waals surface area contributed by atoms with E-state index >= 15 is 0 Å². The van der Waals surface area contributed by atoms with Crippen LogP contribution in [0.15, 0.2) is 30.5 Å². The van der Waals surface area contributed by atoms with E-state index in [1.807, 2.05) is 30.5 Å². The van der Waals surface area contributed by atoms with Crippen LogP contribution in [0.3, 0.4) is 0 Å². The molecule has 4 heteroatoms. The van der Waals surface area contributed by atoms with E-state index in [0.29, 0.717) is 13.0 Å². The third-order valence-electron chi connectivity index (χ3n) is 3.18. The Kier molecular flexibility index (Phi) is 4.98. The summed E-state index contributed by atoms with van der Waals surface area (Å²) in [5.74, 6) is 0.0498. The third-order valence-corrected chi connectivity index (χ3v) is 3.18. The second-order valence-corrected chi connectivity index (χ2v) is 4.67. The van der Waals surface area contributed by atoms with Gasteiger partial charge >= 0.3 is 0 Å². The quantitative estimate of drug-likeness (QED) is 0.667. The van der Waals surface area contributed by atoms with E-state index in [4.69, 9.17) is 5.11 Å². The predicted molar refractivity (Wildman–Crippen MR) is 75.9 cm³/mol. The number of aromatic amines is 1. The molecule has 3 N–H and O–H groups in total. The molecule has 0 aliphatic rings. The van der Waals surface area contributed by atoms with E-state index in [-0.39, 0.29) is 12.5 Å². The Morgan fingerprint density at radius 2 is 2.05 bits per heavy atom. The van der Waals surface area contributed by atoms with Crippen molar-refractivity contribution in [3.63, 3.8) is 0 Å². The van der Waals surface area contributed by atoms with Crippen LogP contribution in [0.5, 0.6) is 0 Å². The van der Waals surface area contributed by atoms with E-state index < -0.39 is 0 Å². The Labute approximate surface area is 112 Å². The number of hydrogen-bond acceptors (Lipinski definition) is 2. The van der Waals surface area contributed by atoms with Crippen LogP contribution in [0.1, 0.15) is 24.8 Å². The number of para-hydroxylation sites is 1. The Morgan fingerprint density at radius 3 is 2.89 bits per heavy atom. The van der Waals surface area contributed by atoms with Crippen molar-refractivity contribution in [3.8, 4) is 0 Å². The zero-order valence-electron chi connectivity index (χ0n) is 11.0. The first-order chi connectivity index (χ1) is 9.31. The van der Waals surface area contributed by atoms with Crippen molar-refractivity contribution in [1.29, 1.82) is 0 Å². The van der Waals surface area contributed by atoms with Crippen molar-refractivity contribution in [3.05, 3.63) is 36.0 Å². The molecule has 0 spiro atoms. The average molecular weight is 260 g/mol. The molecule has 0 bridgehead atoms. The van der Waals surface area contributed by atoms with Gasteiger partial charge in [-0.15, -0.1) is 0 Å². The minimum atomic E-state index is 0.0498. The number of aromatic nitrogens is 1. The maximum absolute atomic E-state index is 11.8. The number of nitrogens with one attached hydrogen (secondary N) is 2. The van der Waals surface area contributed by atoms with Crippen molar-refractivity contribution in [2.75, 3.05) is 13.2 Å². The smallest absolute Gasteiger partial charge is 0.224 e. The molecule has 0 aliphatic carbocycles. The second kappa shape index (κ2) is 6.95. The molecular formula is C15H20N2O2. The summed E-state index contributed by atoms with van der Waals surface area (Å²) in [6.07, 6.45) is 4.97. The van der Waals surface area contributed by atoms with Crippen molar-refractivity contribution >= 4 is 16.8 Å². The Morgan fingerprint density at radius 1 is 1.21 bits per heavy atom. The fourth-order valence-electron chi connectivity index (χ4n) is 2.15. The van der Waals surface area contributed by atoms with Crippen LogP contribution >= 0.6 is 0 Å². The average Bonchev–Trinajstić information content (AvgIpc) is 2.82. The fraction of sp³-hybridized carbons (Fsp3) is 0.400. The summed E-state index contributed by atoms with van der Waals surface area (Å²) < 4.78 is 0. The number of carbonyl (C=O) groups is 1. The SMILES string of the molecule is O=C(Cc1c[nH]c2ccccc12)NCCCCCO. The van der Waals surface area contributed by atoms with Crippen LogP contribution in [0, 0.1) is 0 Å². The zero-order valence-corrected chi connectivity index (χ0v) is 11.0. The Bertz CT molecular complexity index is 534. The van der Waals surface area contributed by atoms with Crippen molar-refractivity contribution < 1.29 is 9.90 Å². The molecule has 0 aliphatic heterocycles. The Hall–Kier alpha value is -1.81. The number of fused-ring (bicyclic) bond motifs is 1. The number of amides is 1. The number of aliphatic hydroxyl groups excluding tert-OH is 1. The minimum Gasteiger partial charge on any atom is -0.396 e. The standard InChI is InChI=1S/C15H20N2O2/c18-9-5-1-4-8-16-15(19)10-12-11-17-14-7-3-2-6-13(12)14/h2-3,6-7,11,17-18H,1,4-5,8-10H2,(H,16,19). The predicted octanol–water partition coefficient (Wildman–Crippen LogP) is 1.99. The minimum absolute atomic E-state index is 0.0498. The molecule has 1 amide bonds. The summed E-state index contributed by atoms with van der Waals surface area (Å²) in [4.78, 5) is 15.0. The lowest BCUT2D eigenvalue weighted by atomic mass is 10.1. The highest BCUT2D eigenvalue weighted by molar-refractivity contribution is 5.88. The molecule has 2 aromatic rings. The van der Waals surface area contributed by atoms with Crippen LogP contribution in [0.2, 0.25) is 0 Å². The van der Waals surface area contributed by atoms with Gasteiger partial charge in [-0.1, -0.05) is 18.2 Å². The number of carbonyl (C=O) groups excluding carboxylic acids is 1. The highest BCUT2D eigenvalue weighted by Gasteiger charge is 2.07. The summed E-state index contributed by atoms with van der Waals surface area (Å²) >= 11 is 0. The lowest BCUT2D eigenvalue weighted by Gasteiger charge is -2.04. The number of rotatable bonds is 7. The molecule has 19 heavy (non-hydrogen) atoms. The zero-order chi connectivity index (χ0) is 13.5. The van der Waals surface area contributed by atoms with Crippen molar-refractivity contribution in [1.82, 2.24) is 10.3 Å². The van der Waals surface area contributed by atoms with Crippen LogP contribution in [-0.4, -0.2) is 29.1 Å². The number of hydrogen-bond donors (Lipinski definition) is 3. The maximum Gasteiger partial charge on any atom is 0.224 e. The van der Waals surface area contributed by atoms with Crippen LogP contribution in [0.4, 0.5) is 0 Å². The summed E-state index contributed by atoms with van der Waals surface area (Å²) in [6.45, 7) is 0.907. The number of benzene rings is 1. The molecule has 0 atom stereocenters. The first-order valence-corrected chi connectivity index (χ1v) is 6.74. The molecular weight excluding hydrogens is 240 g/mol. The fourth-order valence-corrected chi connectivity index (χ4v) is 2.15. The number of unbranched alkanes of at least 4 members (excludes halogenated alkanes) is 2. The van der Waals surface area contributed by atoms with Gasteiger partial charge in [0, 0.05) is 30.3 Å². The molecule has 0 unspecified atom stereocenters. The molecule has 0 radical (unpaired) electrons. The highest BCUT2D eigenvalue weighted by Crippen LogP contribution is 2.17. The Balaban J connectivity index is 1.82. The molecule has 4 nitrogen and oxygen atoms in total. The van der Waals surface area contributed by atoms with E-state index in [1.54, 1.807) is 0 Å². The molecule has 1 aromatic heterocycles. The van der Waals surface area contributed by atoms with Crippen LogP contribution < -0.4 is 5.32 Å². The lowest BCUT2D eigenvalue weighted by molar-refractivity contribution is -0.120. The van der Waals surface area contributed by atoms with E-state index in [0.717, 1.165) is 35.7 Å². The van der Waals surface area contributed by atoms with Gasteiger partial charge in [0.15, 0.2) is 0 Å². The number of aliphatic hydroxyl groups is 1. The summed E-state index contributed by atoms with van der Waals surface area (Å²) in [5, 5.41) is 12.7. The number of H-pyrrole nitrogens is 1. The molecule has 1 aromatic carbocycles. The van der Waals surface area contributed by atoms with E-state index in [1.165, 1.54) is 0 Å². The monoisotopic (exact) mass is 260 g/mol.